The summed E-state index contributed by atoms with van der Waals surface area (Å²) in [7, 11) is 0. The minimum Gasteiger partial charge on any atom is -0.481 e. The second-order valence-electron chi connectivity index (χ2n) is 6.05. The van der Waals surface area contributed by atoms with Crippen LogP contribution in [0, 0.1) is 20.8 Å². The third kappa shape index (κ3) is 5.52. The molecule has 5 nitrogen and oxygen atoms in total. The van der Waals surface area contributed by atoms with Crippen LogP contribution in [-0.4, -0.2) is 23.7 Å². The molecular formula is C20H24N2O3S. The molecule has 2 amide bonds. The maximum absolute atomic E-state index is 12.1. The summed E-state index contributed by atoms with van der Waals surface area (Å²) in [6.45, 7) is 7.57. The van der Waals surface area contributed by atoms with Gasteiger partial charge in [0.05, 0.1) is 5.75 Å². The minimum absolute atomic E-state index is 0.220. The van der Waals surface area contributed by atoms with Crippen LogP contribution in [0.2, 0.25) is 0 Å². The zero-order valence-electron chi connectivity index (χ0n) is 15.5. The van der Waals surface area contributed by atoms with Crippen molar-refractivity contribution in [1.29, 1.82) is 0 Å². The van der Waals surface area contributed by atoms with Crippen molar-refractivity contribution in [3.8, 4) is 5.75 Å². The van der Waals surface area contributed by atoms with E-state index in [2.05, 4.69) is 10.9 Å². The van der Waals surface area contributed by atoms with E-state index in [1.165, 1.54) is 11.8 Å². The number of hydrazine groups is 1. The number of carbonyl (C=O) groups excluding carboxylic acids is 2. The predicted molar refractivity (Wildman–Crippen MR) is 104 cm³/mol. The van der Waals surface area contributed by atoms with Gasteiger partial charge in [0.15, 0.2) is 6.10 Å². The number of benzene rings is 2. The van der Waals surface area contributed by atoms with Crippen LogP contribution in [-0.2, 0) is 9.59 Å². The number of rotatable bonds is 6. The molecule has 0 fully saturated rings. The molecule has 0 aliphatic heterocycles. The van der Waals surface area contributed by atoms with Crippen LogP contribution in [0.4, 0.5) is 0 Å². The van der Waals surface area contributed by atoms with Crippen molar-refractivity contribution in [2.24, 2.45) is 0 Å². The number of thioether (sulfide) groups is 1. The molecule has 0 aliphatic carbocycles. The first-order valence-electron chi connectivity index (χ1n) is 8.38. The van der Waals surface area contributed by atoms with E-state index in [9.17, 15) is 9.59 Å². The average molecular weight is 372 g/mol. The quantitative estimate of drug-likeness (QED) is 0.603. The number of carbonyl (C=O) groups is 2. The van der Waals surface area contributed by atoms with Crippen LogP contribution in [0.25, 0.3) is 0 Å². The number of amides is 2. The van der Waals surface area contributed by atoms with Gasteiger partial charge in [0, 0.05) is 4.90 Å². The summed E-state index contributed by atoms with van der Waals surface area (Å²) in [5.74, 6) is 0.206. The van der Waals surface area contributed by atoms with Crippen LogP contribution in [0.1, 0.15) is 23.6 Å². The lowest BCUT2D eigenvalue weighted by Gasteiger charge is -2.17. The molecule has 0 spiro atoms. The molecule has 138 valence electrons. The summed E-state index contributed by atoms with van der Waals surface area (Å²) in [6.07, 6.45) is -0.722. The number of nitrogens with one attached hydrogen (secondary N) is 2. The van der Waals surface area contributed by atoms with Gasteiger partial charge in [0.25, 0.3) is 5.91 Å². The van der Waals surface area contributed by atoms with Gasteiger partial charge in [-0.3, -0.25) is 20.4 Å². The highest BCUT2D eigenvalue weighted by atomic mass is 32.2. The van der Waals surface area contributed by atoms with Crippen molar-refractivity contribution < 1.29 is 14.3 Å². The molecule has 0 radical (unpaired) electrons. The van der Waals surface area contributed by atoms with Crippen LogP contribution in [0.5, 0.6) is 5.75 Å². The summed E-state index contributed by atoms with van der Waals surface area (Å²) >= 11 is 1.43. The van der Waals surface area contributed by atoms with E-state index in [1.807, 2.05) is 63.2 Å². The van der Waals surface area contributed by atoms with Gasteiger partial charge >= 0.3 is 0 Å². The smallest absolute Gasteiger partial charge is 0.279 e. The Hall–Kier alpha value is -2.47. The Bertz CT molecular complexity index is 792. The average Bonchev–Trinajstić information content (AvgIpc) is 2.62. The van der Waals surface area contributed by atoms with Gasteiger partial charge in [-0.05, 0) is 56.5 Å². The van der Waals surface area contributed by atoms with E-state index in [0.29, 0.717) is 5.75 Å². The van der Waals surface area contributed by atoms with E-state index in [4.69, 9.17) is 4.74 Å². The Morgan fingerprint density at radius 3 is 2.42 bits per heavy atom. The first kappa shape index (κ1) is 19.8. The van der Waals surface area contributed by atoms with Crippen molar-refractivity contribution in [2.75, 3.05) is 5.75 Å². The summed E-state index contributed by atoms with van der Waals surface area (Å²) in [4.78, 5) is 25.1. The SMILES string of the molecule is Cc1ccccc1SCC(=O)NNC(=O)C(C)Oc1cccc(C)c1C. The van der Waals surface area contributed by atoms with Crippen LogP contribution in [0.15, 0.2) is 47.4 Å². The highest BCUT2D eigenvalue weighted by Crippen LogP contribution is 2.22. The fraction of sp³-hybridized carbons (Fsp3) is 0.300. The van der Waals surface area contributed by atoms with E-state index >= 15 is 0 Å². The molecule has 0 aromatic heterocycles. The molecule has 0 saturated heterocycles. The lowest BCUT2D eigenvalue weighted by Crippen LogP contribution is -2.47. The van der Waals surface area contributed by atoms with Crippen molar-refractivity contribution >= 4 is 23.6 Å². The second kappa shape index (κ2) is 9.29. The molecule has 1 unspecified atom stereocenters. The number of hydrogen-bond acceptors (Lipinski definition) is 4. The first-order valence-corrected chi connectivity index (χ1v) is 9.37. The fourth-order valence-electron chi connectivity index (χ4n) is 2.23. The molecule has 6 heteroatoms. The van der Waals surface area contributed by atoms with Gasteiger partial charge in [-0.15, -0.1) is 11.8 Å². The first-order chi connectivity index (χ1) is 12.4. The standard InChI is InChI=1S/C20H24N2O3S/c1-13-9-7-10-17(15(13)3)25-16(4)20(24)22-21-19(23)12-26-18-11-6-5-8-14(18)2/h5-11,16H,12H2,1-4H3,(H,21,23)(H,22,24). The van der Waals surface area contributed by atoms with Gasteiger partial charge in [-0.1, -0.05) is 30.3 Å². The Kier molecular flexibility index (Phi) is 7.09. The predicted octanol–water partition coefficient (Wildman–Crippen LogP) is 3.32. The molecule has 0 saturated carbocycles. The van der Waals surface area contributed by atoms with Gasteiger partial charge < -0.3 is 4.74 Å². The fourth-order valence-corrected chi connectivity index (χ4v) is 3.06. The molecule has 2 aromatic rings. The Balaban J connectivity index is 1.79. The molecule has 0 aliphatic rings. The van der Waals surface area contributed by atoms with E-state index in [1.54, 1.807) is 6.92 Å². The molecule has 1 atom stereocenters. The molecule has 2 aromatic carbocycles. The van der Waals surface area contributed by atoms with Crippen molar-refractivity contribution in [1.82, 2.24) is 10.9 Å². The van der Waals surface area contributed by atoms with Gasteiger partial charge in [0.2, 0.25) is 5.91 Å². The van der Waals surface area contributed by atoms with Crippen molar-refractivity contribution in [3.63, 3.8) is 0 Å². The molecule has 2 N–H and O–H groups in total. The second-order valence-corrected chi connectivity index (χ2v) is 7.07. The summed E-state index contributed by atoms with van der Waals surface area (Å²) in [5.41, 5.74) is 8.04. The van der Waals surface area contributed by atoms with Crippen molar-refractivity contribution in [3.05, 3.63) is 59.2 Å². The Labute approximate surface area is 158 Å². The zero-order chi connectivity index (χ0) is 19.1. The number of aryl methyl sites for hydroxylation is 2. The minimum atomic E-state index is -0.722. The maximum Gasteiger partial charge on any atom is 0.279 e. The molecule has 0 heterocycles. The third-order valence-corrected chi connectivity index (χ3v) is 5.18. The number of ether oxygens (including phenoxy) is 1. The summed E-state index contributed by atoms with van der Waals surface area (Å²) in [5, 5.41) is 0. The zero-order valence-corrected chi connectivity index (χ0v) is 16.3. The maximum atomic E-state index is 12.1. The Morgan fingerprint density at radius 2 is 1.69 bits per heavy atom. The molecule has 0 bridgehead atoms. The number of hydrogen-bond donors (Lipinski definition) is 2. The molecule has 2 rings (SSSR count). The van der Waals surface area contributed by atoms with E-state index < -0.39 is 12.0 Å². The monoisotopic (exact) mass is 372 g/mol. The largest absolute Gasteiger partial charge is 0.481 e. The van der Waals surface area contributed by atoms with Crippen LogP contribution in [0.3, 0.4) is 0 Å². The molecular weight excluding hydrogens is 348 g/mol. The van der Waals surface area contributed by atoms with Gasteiger partial charge in [0.1, 0.15) is 5.75 Å². The Morgan fingerprint density at radius 1 is 1.00 bits per heavy atom. The third-order valence-electron chi connectivity index (χ3n) is 4.01. The summed E-state index contributed by atoms with van der Waals surface area (Å²) in [6, 6.07) is 13.5. The summed E-state index contributed by atoms with van der Waals surface area (Å²) < 4.78 is 5.70. The van der Waals surface area contributed by atoms with Gasteiger partial charge in [-0.25, -0.2) is 0 Å². The lowest BCUT2D eigenvalue weighted by molar-refractivity contribution is -0.131. The van der Waals surface area contributed by atoms with E-state index in [0.717, 1.165) is 21.6 Å². The topological polar surface area (TPSA) is 67.4 Å². The molecule has 26 heavy (non-hydrogen) atoms. The van der Waals surface area contributed by atoms with Gasteiger partial charge in [-0.2, -0.15) is 0 Å². The van der Waals surface area contributed by atoms with Crippen LogP contribution < -0.4 is 15.6 Å². The highest BCUT2D eigenvalue weighted by Gasteiger charge is 2.16. The highest BCUT2D eigenvalue weighted by molar-refractivity contribution is 8.00. The lowest BCUT2D eigenvalue weighted by atomic mass is 10.1. The van der Waals surface area contributed by atoms with Crippen LogP contribution >= 0.6 is 11.8 Å². The van der Waals surface area contributed by atoms with E-state index in [-0.39, 0.29) is 11.7 Å². The normalized spacial score (nSPS) is 11.5. The van der Waals surface area contributed by atoms with Crippen molar-refractivity contribution in [2.45, 2.75) is 38.7 Å².